The average Bonchev–Trinajstić information content (AvgIpc) is 2.81. The molecule has 1 aromatic heterocycles. The number of unbranched alkanes of at least 4 members (excludes halogenated alkanes) is 3. The van der Waals surface area contributed by atoms with E-state index in [2.05, 4.69) is 51.2 Å². The summed E-state index contributed by atoms with van der Waals surface area (Å²) in [5.41, 5.74) is 1.35. The Morgan fingerprint density at radius 2 is 2.00 bits per heavy atom. The highest BCUT2D eigenvalue weighted by Crippen LogP contribution is 2.13. The number of hydrogen-bond acceptors (Lipinski definition) is 2. The molecule has 0 aliphatic carbocycles. The van der Waals surface area contributed by atoms with Crippen molar-refractivity contribution < 1.29 is 0 Å². The van der Waals surface area contributed by atoms with E-state index in [4.69, 9.17) is 0 Å². The topological polar surface area (TPSA) is 29.9 Å². The number of nitrogens with zero attached hydrogens (tertiary/aromatic N) is 2. The van der Waals surface area contributed by atoms with Gasteiger partial charge in [-0.25, -0.2) is 0 Å². The molecule has 1 unspecified atom stereocenters. The van der Waals surface area contributed by atoms with Crippen molar-refractivity contribution in [1.29, 1.82) is 0 Å². The molecule has 19 heavy (non-hydrogen) atoms. The molecule has 0 aromatic carbocycles. The van der Waals surface area contributed by atoms with Gasteiger partial charge in [0.1, 0.15) is 0 Å². The van der Waals surface area contributed by atoms with Crippen LogP contribution in [0.5, 0.6) is 0 Å². The maximum atomic E-state index is 4.43. The zero-order valence-electron chi connectivity index (χ0n) is 13.4. The number of hydrogen-bond donors (Lipinski definition) is 1. The largest absolute Gasteiger partial charge is 0.310 e. The Kier molecular flexibility index (Phi) is 6.56. The summed E-state index contributed by atoms with van der Waals surface area (Å²) in [5.74, 6) is 0. The van der Waals surface area contributed by atoms with Crippen LogP contribution in [0.25, 0.3) is 0 Å². The third-order valence-electron chi connectivity index (χ3n) is 3.47. The molecule has 3 heteroatoms. The van der Waals surface area contributed by atoms with Crippen LogP contribution in [0.2, 0.25) is 0 Å². The minimum Gasteiger partial charge on any atom is -0.310 e. The second-order valence-corrected chi connectivity index (χ2v) is 6.60. The highest BCUT2D eigenvalue weighted by Gasteiger charge is 2.13. The van der Waals surface area contributed by atoms with Gasteiger partial charge < -0.3 is 5.32 Å². The fraction of sp³-hybridized carbons (Fsp3) is 0.812. The van der Waals surface area contributed by atoms with E-state index < -0.39 is 0 Å². The van der Waals surface area contributed by atoms with Gasteiger partial charge in [0.15, 0.2) is 0 Å². The van der Waals surface area contributed by atoms with Crippen molar-refractivity contribution in [3.63, 3.8) is 0 Å². The van der Waals surface area contributed by atoms with E-state index in [0.29, 0.717) is 6.04 Å². The van der Waals surface area contributed by atoms with Crippen LogP contribution >= 0.6 is 0 Å². The molecule has 1 rings (SSSR count). The van der Waals surface area contributed by atoms with Crippen molar-refractivity contribution in [3.8, 4) is 0 Å². The molecule has 0 amide bonds. The minimum absolute atomic E-state index is 0.0734. The van der Waals surface area contributed by atoms with E-state index in [0.717, 1.165) is 6.54 Å². The summed E-state index contributed by atoms with van der Waals surface area (Å²) in [4.78, 5) is 0. The van der Waals surface area contributed by atoms with E-state index in [-0.39, 0.29) is 5.54 Å². The van der Waals surface area contributed by atoms with E-state index in [1.807, 2.05) is 10.9 Å². The predicted octanol–water partition coefficient (Wildman–Crippen LogP) is 4.09. The van der Waals surface area contributed by atoms with Crippen LogP contribution < -0.4 is 5.32 Å². The first-order valence-electron chi connectivity index (χ1n) is 7.71. The molecular formula is C16H31N3. The molecule has 110 valence electrons. The van der Waals surface area contributed by atoms with Gasteiger partial charge in [0.2, 0.25) is 0 Å². The van der Waals surface area contributed by atoms with Crippen molar-refractivity contribution in [3.05, 3.63) is 18.0 Å². The summed E-state index contributed by atoms with van der Waals surface area (Å²) in [6.45, 7) is 12.0. The Balaban J connectivity index is 2.26. The molecule has 0 fully saturated rings. The Labute approximate surface area is 118 Å². The standard InChI is InChI=1S/C16H31N3/c1-6-7-8-9-10-14(2)17-11-15-12-18-19(13-15)16(3,4)5/h12-14,17H,6-11H2,1-5H3. The van der Waals surface area contributed by atoms with Crippen molar-refractivity contribution >= 4 is 0 Å². The molecule has 1 heterocycles. The fourth-order valence-electron chi connectivity index (χ4n) is 2.09. The van der Waals surface area contributed by atoms with Crippen LogP contribution in [0.3, 0.4) is 0 Å². The molecule has 0 radical (unpaired) electrons. The monoisotopic (exact) mass is 265 g/mol. The van der Waals surface area contributed by atoms with Gasteiger partial charge in [0.05, 0.1) is 11.7 Å². The minimum atomic E-state index is 0.0734. The highest BCUT2D eigenvalue weighted by molar-refractivity contribution is 5.05. The molecular weight excluding hydrogens is 234 g/mol. The van der Waals surface area contributed by atoms with Crippen LogP contribution in [0.1, 0.15) is 72.3 Å². The number of aromatic nitrogens is 2. The maximum absolute atomic E-state index is 4.43. The summed E-state index contributed by atoms with van der Waals surface area (Å²) in [5, 5.41) is 8.02. The Morgan fingerprint density at radius 1 is 1.26 bits per heavy atom. The summed E-state index contributed by atoms with van der Waals surface area (Å²) >= 11 is 0. The second-order valence-electron chi connectivity index (χ2n) is 6.60. The summed E-state index contributed by atoms with van der Waals surface area (Å²) in [6, 6.07) is 0.592. The van der Waals surface area contributed by atoms with Gasteiger partial charge in [-0.3, -0.25) is 4.68 Å². The molecule has 0 aliphatic heterocycles. The van der Waals surface area contributed by atoms with Gasteiger partial charge in [-0.05, 0) is 34.1 Å². The zero-order chi connectivity index (χ0) is 14.3. The SMILES string of the molecule is CCCCCCC(C)NCc1cnn(C(C)(C)C)c1. The van der Waals surface area contributed by atoms with E-state index >= 15 is 0 Å². The Hall–Kier alpha value is -0.830. The molecule has 0 bridgehead atoms. The van der Waals surface area contributed by atoms with Gasteiger partial charge in [0, 0.05) is 24.3 Å². The quantitative estimate of drug-likeness (QED) is 0.718. The summed E-state index contributed by atoms with van der Waals surface area (Å²) < 4.78 is 2.04. The highest BCUT2D eigenvalue weighted by atomic mass is 15.3. The fourth-order valence-corrected chi connectivity index (χ4v) is 2.09. The van der Waals surface area contributed by atoms with Gasteiger partial charge >= 0.3 is 0 Å². The molecule has 0 saturated carbocycles. The number of rotatable bonds is 8. The number of nitrogens with one attached hydrogen (secondary N) is 1. The molecule has 0 aliphatic rings. The lowest BCUT2D eigenvalue weighted by molar-refractivity contribution is 0.355. The van der Waals surface area contributed by atoms with Gasteiger partial charge in [-0.1, -0.05) is 32.6 Å². The molecule has 0 spiro atoms. The Bertz CT molecular complexity index is 349. The normalized spacial score (nSPS) is 13.7. The van der Waals surface area contributed by atoms with Crippen LogP contribution in [0.15, 0.2) is 12.4 Å². The van der Waals surface area contributed by atoms with Crippen LogP contribution in [-0.2, 0) is 12.1 Å². The van der Waals surface area contributed by atoms with Gasteiger partial charge in [0.25, 0.3) is 0 Å². The lowest BCUT2D eigenvalue weighted by atomic mass is 10.1. The maximum Gasteiger partial charge on any atom is 0.0543 e. The first-order valence-corrected chi connectivity index (χ1v) is 7.71. The zero-order valence-corrected chi connectivity index (χ0v) is 13.4. The third-order valence-corrected chi connectivity index (χ3v) is 3.47. The third kappa shape index (κ3) is 6.24. The van der Waals surface area contributed by atoms with Crippen LogP contribution in [0, 0.1) is 0 Å². The first kappa shape index (κ1) is 16.2. The molecule has 0 saturated heterocycles. The summed E-state index contributed by atoms with van der Waals surface area (Å²) in [6.07, 6.45) is 10.8. The smallest absolute Gasteiger partial charge is 0.0543 e. The average molecular weight is 265 g/mol. The first-order chi connectivity index (χ1) is 8.93. The van der Waals surface area contributed by atoms with Gasteiger partial charge in [-0.2, -0.15) is 5.10 Å². The lowest BCUT2D eigenvalue weighted by Gasteiger charge is -2.18. The van der Waals surface area contributed by atoms with Crippen molar-refractivity contribution in [2.75, 3.05) is 0 Å². The molecule has 1 N–H and O–H groups in total. The van der Waals surface area contributed by atoms with Crippen molar-refractivity contribution in [2.24, 2.45) is 0 Å². The van der Waals surface area contributed by atoms with Crippen LogP contribution in [0.4, 0.5) is 0 Å². The predicted molar refractivity (Wildman–Crippen MR) is 82.3 cm³/mol. The molecule has 3 nitrogen and oxygen atoms in total. The molecule has 1 aromatic rings. The van der Waals surface area contributed by atoms with Crippen molar-refractivity contribution in [2.45, 2.75) is 84.8 Å². The summed E-state index contributed by atoms with van der Waals surface area (Å²) in [7, 11) is 0. The Morgan fingerprint density at radius 3 is 2.58 bits per heavy atom. The van der Waals surface area contributed by atoms with E-state index in [9.17, 15) is 0 Å². The van der Waals surface area contributed by atoms with E-state index in [1.165, 1.54) is 37.7 Å². The molecule has 1 atom stereocenters. The van der Waals surface area contributed by atoms with Crippen LogP contribution in [-0.4, -0.2) is 15.8 Å². The van der Waals surface area contributed by atoms with Crippen molar-refractivity contribution in [1.82, 2.24) is 15.1 Å². The second kappa shape index (κ2) is 7.68. The van der Waals surface area contributed by atoms with Gasteiger partial charge in [-0.15, -0.1) is 0 Å². The van der Waals surface area contributed by atoms with E-state index in [1.54, 1.807) is 0 Å². The lowest BCUT2D eigenvalue weighted by Crippen LogP contribution is -2.25.